The van der Waals surface area contributed by atoms with Crippen molar-refractivity contribution in [3.8, 4) is 0 Å². The molecule has 0 unspecified atom stereocenters. The van der Waals surface area contributed by atoms with Crippen LogP contribution in [0.15, 0.2) is 0 Å². The van der Waals surface area contributed by atoms with Gasteiger partial charge in [-0.2, -0.15) is 0 Å². The van der Waals surface area contributed by atoms with Crippen LogP contribution in [0, 0.1) is 16.7 Å². The van der Waals surface area contributed by atoms with Gasteiger partial charge in [0.05, 0.1) is 25.8 Å². The minimum absolute atomic E-state index is 0.421. The van der Waals surface area contributed by atoms with Crippen LogP contribution in [-0.2, 0) is 4.74 Å². The largest absolute Gasteiger partial charge is 0.372 e. The summed E-state index contributed by atoms with van der Waals surface area (Å²) in [6, 6.07) is 0. The Morgan fingerprint density at radius 3 is 2.09 bits per heavy atom. The number of ether oxygens (including phenoxy) is 1. The summed E-state index contributed by atoms with van der Waals surface area (Å²) in [6.07, 6.45) is 9.96. The smallest absolute Gasteiger partial charge is 0.101 e. The molecule has 3 atom stereocenters. The van der Waals surface area contributed by atoms with Crippen LogP contribution in [0.1, 0.15) is 79.6 Å². The zero-order chi connectivity index (χ0) is 16.2. The van der Waals surface area contributed by atoms with Crippen molar-refractivity contribution < 1.29 is 9.64 Å². The first-order valence-electron chi connectivity index (χ1n) is 9.90. The van der Waals surface area contributed by atoms with Crippen molar-refractivity contribution in [3.63, 3.8) is 0 Å². The topological polar surface area (TPSA) is 13.7 Å². The van der Waals surface area contributed by atoms with Gasteiger partial charge in [0.2, 0.25) is 0 Å². The van der Waals surface area contributed by atoms with Gasteiger partial charge in [-0.3, -0.25) is 0 Å². The van der Waals surface area contributed by atoms with Gasteiger partial charge in [0, 0.05) is 0 Å². The molecule has 2 bridgehead atoms. The van der Waals surface area contributed by atoms with E-state index in [1.807, 2.05) is 0 Å². The van der Waals surface area contributed by atoms with E-state index in [4.69, 9.17) is 4.74 Å². The molecule has 0 aromatic heterocycles. The second kappa shape index (κ2) is 7.66. The van der Waals surface area contributed by atoms with E-state index >= 15 is 0 Å². The number of nitrogens with one attached hydrogen (secondary N) is 1. The van der Waals surface area contributed by atoms with Crippen LogP contribution in [0.2, 0.25) is 0 Å². The molecule has 0 saturated heterocycles. The molecule has 2 nitrogen and oxygen atoms in total. The van der Waals surface area contributed by atoms with E-state index in [1.54, 1.807) is 4.90 Å². The summed E-state index contributed by atoms with van der Waals surface area (Å²) < 4.78 is 6.45. The van der Waals surface area contributed by atoms with Gasteiger partial charge in [-0.25, -0.2) is 0 Å². The van der Waals surface area contributed by atoms with Crippen LogP contribution in [0.5, 0.6) is 0 Å². The van der Waals surface area contributed by atoms with Gasteiger partial charge < -0.3 is 9.64 Å². The van der Waals surface area contributed by atoms with Crippen LogP contribution in [-0.4, -0.2) is 32.3 Å². The molecule has 0 radical (unpaired) electrons. The Kier molecular flexibility index (Phi) is 6.36. The summed E-state index contributed by atoms with van der Waals surface area (Å²) in [5.74, 6) is 0.895. The third kappa shape index (κ3) is 3.53. The van der Waals surface area contributed by atoms with Gasteiger partial charge in [-0.05, 0) is 48.9 Å². The highest BCUT2D eigenvalue weighted by Crippen LogP contribution is 2.66. The lowest BCUT2D eigenvalue weighted by Crippen LogP contribution is -3.12. The lowest BCUT2D eigenvalue weighted by molar-refractivity contribution is -0.901. The lowest BCUT2D eigenvalue weighted by atomic mass is 9.70. The number of unbranched alkanes of at least 4 members (excludes halogenated alkanes) is 2. The fourth-order valence-corrected chi connectivity index (χ4v) is 4.96. The van der Waals surface area contributed by atoms with Crippen molar-refractivity contribution in [3.05, 3.63) is 0 Å². The van der Waals surface area contributed by atoms with Crippen LogP contribution >= 0.6 is 0 Å². The third-order valence-corrected chi connectivity index (χ3v) is 7.26. The average Bonchev–Trinajstić information content (AvgIpc) is 2.82. The van der Waals surface area contributed by atoms with E-state index in [2.05, 4.69) is 34.6 Å². The van der Waals surface area contributed by atoms with Gasteiger partial charge in [0.25, 0.3) is 0 Å². The van der Waals surface area contributed by atoms with Crippen molar-refractivity contribution in [2.75, 3.05) is 26.2 Å². The summed E-state index contributed by atoms with van der Waals surface area (Å²) in [7, 11) is 0. The maximum atomic E-state index is 6.45. The SMILES string of the molecule is CCCC[NH+](CCCC)CCO[C@H]1C[C@H]2CC[C@]1(C)C2(C)C. The molecule has 2 rings (SSSR count). The predicted octanol–water partition coefficient (Wildman–Crippen LogP) is 3.70. The van der Waals surface area contributed by atoms with Crippen LogP contribution in [0.25, 0.3) is 0 Å². The second-order valence-electron chi connectivity index (χ2n) is 8.68. The van der Waals surface area contributed by atoms with E-state index in [9.17, 15) is 0 Å². The zero-order valence-electron chi connectivity index (χ0n) is 15.8. The molecule has 130 valence electrons. The molecule has 0 aliphatic heterocycles. The highest BCUT2D eigenvalue weighted by molar-refractivity contribution is 5.11. The number of rotatable bonds is 10. The van der Waals surface area contributed by atoms with Crippen LogP contribution in [0.3, 0.4) is 0 Å². The molecular formula is C20H40NO+. The highest BCUT2D eigenvalue weighted by Gasteiger charge is 2.61. The Morgan fingerprint density at radius 2 is 1.64 bits per heavy atom. The first-order chi connectivity index (χ1) is 10.5. The third-order valence-electron chi connectivity index (χ3n) is 7.26. The Hall–Kier alpha value is -0.0800. The number of fused-ring (bicyclic) bond motifs is 2. The molecule has 2 fully saturated rings. The number of hydrogen-bond donors (Lipinski definition) is 1. The van der Waals surface area contributed by atoms with Gasteiger partial charge >= 0.3 is 0 Å². The molecule has 0 amide bonds. The number of hydrogen-bond acceptors (Lipinski definition) is 1. The summed E-state index contributed by atoms with van der Waals surface area (Å²) in [6.45, 7) is 16.9. The van der Waals surface area contributed by atoms with Crippen molar-refractivity contribution in [1.82, 2.24) is 0 Å². The van der Waals surface area contributed by atoms with Crippen LogP contribution in [0.4, 0.5) is 0 Å². The van der Waals surface area contributed by atoms with Gasteiger partial charge in [-0.1, -0.05) is 47.5 Å². The average molecular weight is 311 g/mol. The molecule has 2 aliphatic rings. The van der Waals surface area contributed by atoms with E-state index in [1.165, 1.54) is 64.6 Å². The van der Waals surface area contributed by atoms with Gasteiger partial charge in [-0.15, -0.1) is 0 Å². The van der Waals surface area contributed by atoms with E-state index in [-0.39, 0.29) is 0 Å². The first-order valence-corrected chi connectivity index (χ1v) is 9.90. The second-order valence-corrected chi connectivity index (χ2v) is 8.68. The summed E-state index contributed by atoms with van der Waals surface area (Å²) >= 11 is 0. The molecule has 0 aromatic rings. The monoisotopic (exact) mass is 310 g/mol. The quantitative estimate of drug-likeness (QED) is 0.649. The fourth-order valence-electron chi connectivity index (χ4n) is 4.96. The molecule has 1 N–H and O–H groups in total. The summed E-state index contributed by atoms with van der Waals surface area (Å²) in [5, 5.41) is 0. The Morgan fingerprint density at radius 1 is 1.00 bits per heavy atom. The first kappa shape index (κ1) is 18.3. The molecule has 22 heavy (non-hydrogen) atoms. The van der Waals surface area contributed by atoms with Crippen molar-refractivity contribution in [1.29, 1.82) is 0 Å². The van der Waals surface area contributed by atoms with Gasteiger partial charge in [0.1, 0.15) is 6.54 Å². The molecular weight excluding hydrogens is 270 g/mol. The fraction of sp³-hybridized carbons (Fsp3) is 1.00. The van der Waals surface area contributed by atoms with Crippen molar-refractivity contribution in [2.24, 2.45) is 16.7 Å². The normalized spacial score (nSPS) is 33.0. The zero-order valence-corrected chi connectivity index (χ0v) is 15.8. The molecule has 0 spiro atoms. The molecule has 2 heteroatoms. The molecule has 2 saturated carbocycles. The van der Waals surface area contributed by atoms with Gasteiger partial charge in [0.15, 0.2) is 0 Å². The Balaban J connectivity index is 1.78. The van der Waals surface area contributed by atoms with E-state index in [0.717, 1.165) is 12.5 Å². The number of quaternary nitrogens is 1. The maximum Gasteiger partial charge on any atom is 0.101 e. The molecule has 0 heterocycles. The predicted molar refractivity (Wildman–Crippen MR) is 94.3 cm³/mol. The van der Waals surface area contributed by atoms with Crippen LogP contribution < -0.4 is 4.90 Å². The minimum Gasteiger partial charge on any atom is -0.372 e. The van der Waals surface area contributed by atoms with Crippen molar-refractivity contribution >= 4 is 0 Å². The standard InChI is InChI=1S/C20H39NO/c1-6-8-12-21(13-9-7-2)14-15-22-18-16-17-10-11-20(18,5)19(17,3)4/h17-18H,6-16H2,1-5H3/p+1/t17-,18+,20+/m1/s1. The Labute approximate surface area is 139 Å². The highest BCUT2D eigenvalue weighted by atomic mass is 16.5. The van der Waals surface area contributed by atoms with Crippen molar-refractivity contribution in [2.45, 2.75) is 85.7 Å². The molecule has 0 aromatic carbocycles. The summed E-state index contributed by atoms with van der Waals surface area (Å²) in [4.78, 5) is 1.76. The lowest BCUT2D eigenvalue weighted by Gasteiger charge is -2.39. The Bertz CT molecular complexity index is 333. The van der Waals surface area contributed by atoms with E-state index < -0.39 is 0 Å². The molecule has 2 aliphatic carbocycles. The summed E-state index contributed by atoms with van der Waals surface area (Å²) in [5.41, 5.74) is 0.902. The van der Waals surface area contributed by atoms with E-state index in [0.29, 0.717) is 16.9 Å². The minimum atomic E-state index is 0.421. The maximum absolute atomic E-state index is 6.45.